The van der Waals surface area contributed by atoms with Gasteiger partial charge in [-0.1, -0.05) is 3.89 Å². The second-order valence-electron chi connectivity index (χ2n) is 4.31. The minimum Gasteiger partial charge on any atom is -0.358 e. The molecule has 1 rings (SSSR count). The molecule has 1 aromatic carbocycles. The number of rotatable bonds is 4. The highest BCUT2D eigenvalue weighted by molar-refractivity contribution is 7.86. The van der Waals surface area contributed by atoms with E-state index in [4.69, 9.17) is 6.42 Å². The average molecular weight is 338 g/mol. The van der Waals surface area contributed by atoms with E-state index in [1.54, 1.807) is 0 Å². The highest BCUT2D eigenvalue weighted by atomic mass is 32.3. The second-order valence-corrected chi connectivity index (χ2v) is 6.54. The molecule has 1 aromatic rings. The molecule has 9 heteroatoms. The van der Waals surface area contributed by atoms with E-state index in [2.05, 4.69) is 10.1 Å². The molecule has 0 radical (unpaired) electrons. The standard InChI is InChI=1S/C12H12F2O5S2/c1-5-6-10-7(2)11(19-21(14,17)18)9(4)12(8(10)3)20(13,15)16/h1H,6H2,2-4H3. The van der Waals surface area contributed by atoms with Crippen molar-refractivity contribution in [3.8, 4) is 18.1 Å². The van der Waals surface area contributed by atoms with Gasteiger partial charge in [-0.3, -0.25) is 0 Å². The molecule has 5 nitrogen and oxygen atoms in total. The van der Waals surface area contributed by atoms with Crippen molar-refractivity contribution in [1.82, 2.24) is 0 Å². The van der Waals surface area contributed by atoms with Gasteiger partial charge in [-0.2, -0.15) is 16.8 Å². The van der Waals surface area contributed by atoms with Crippen molar-refractivity contribution >= 4 is 20.7 Å². The lowest BCUT2D eigenvalue weighted by Crippen LogP contribution is -2.11. The number of benzene rings is 1. The summed E-state index contributed by atoms with van der Waals surface area (Å²) in [5.74, 6) is 1.66. The maximum absolute atomic E-state index is 13.4. The number of halogens is 2. The Balaban J connectivity index is 3.90. The smallest absolute Gasteiger partial charge is 0.358 e. The van der Waals surface area contributed by atoms with E-state index in [1.807, 2.05) is 0 Å². The lowest BCUT2D eigenvalue weighted by atomic mass is 9.96. The molecule has 0 aromatic heterocycles. The Morgan fingerprint density at radius 3 is 1.95 bits per heavy atom. The fourth-order valence-electron chi connectivity index (χ4n) is 2.18. The van der Waals surface area contributed by atoms with Crippen LogP contribution in [0.25, 0.3) is 0 Å². The first kappa shape index (κ1) is 17.4. The molecule has 0 aliphatic heterocycles. The summed E-state index contributed by atoms with van der Waals surface area (Å²) in [6.45, 7) is 3.82. The second kappa shape index (κ2) is 5.61. The zero-order chi connectivity index (χ0) is 16.6. The van der Waals surface area contributed by atoms with Crippen molar-refractivity contribution in [3.05, 3.63) is 22.3 Å². The Bertz CT molecular complexity index is 834. The van der Waals surface area contributed by atoms with Crippen molar-refractivity contribution in [2.75, 3.05) is 0 Å². The Hall–Kier alpha value is -1.66. The Morgan fingerprint density at radius 2 is 1.57 bits per heavy atom. The van der Waals surface area contributed by atoms with E-state index in [0.717, 1.165) is 6.92 Å². The summed E-state index contributed by atoms with van der Waals surface area (Å²) in [5, 5.41) is 0. The van der Waals surface area contributed by atoms with Crippen LogP contribution in [-0.2, 0) is 27.1 Å². The van der Waals surface area contributed by atoms with Crippen LogP contribution in [-0.4, -0.2) is 16.8 Å². The molecule has 0 aliphatic rings. The molecule has 0 bridgehead atoms. The van der Waals surface area contributed by atoms with Crippen LogP contribution in [0.2, 0.25) is 0 Å². The zero-order valence-electron chi connectivity index (χ0n) is 11.4. The van der Waals surface area contributed by atoms with Crippen LogP contribution < -0.4 is 4.18 Å². The third kappa shape index (κ3) is 3.71. The topological polar surface area (TPSA) is 77.5 Å². The molecular formula is C12H12F2O5S2. The summed E-state index contributed by atoms with van der Waals surface area (Å²) in [6.07, 6.45) is 5.05. The molecule has 0 saturated heterocycles. The highest BCUT2D eigenvalue weighted by Gasteiger charge is 2.28. The van der Waals surface area contributed by atoms with Crippen molar-refractivity contribution in [2.24, 2.45) is 0 Å². The van der Waals surface area contributed by atoms with Gasteiger partial charge >= 0.3 is 20.7 Å². The molecule has 0 atom stereocenters. The van der Waals surface area contributed by atoms with Gasteiger partial charge in [0.25, 0.3) is 0 Å². The number of hydrogen-bond acceptors (Lipinski definition) is 5. The molecule has 21 heavy (non-hydrogen) atoms. The SMILES string of the molecule is C#CCc1c(C)c(OS(=O)(=O)F)c(C)c(S(=O)(=O)F)c1C. The Morgan fingerprint density at radius 1 is 1.05 bits per heavy atom. The van der Waals surface area contributed by atoms with Gasteiger partial charge in [0.15, 0.2) is 5.75 Å². The van der Waals surface area contributed by atoms with Gasteiger partial charge in [-0.25, -0.2) is 0 Å². The van der Waals surface area contributed by atoms with Gasteiger partial charge in [0.2, 0.25) is 0 Å². The van der Waals surface area contributed by atoms with E-state index in [1.165, 1.54) is 13.8 Å². The first-order valence-electron chi connectivity index (χ1n) is 5.55. The third-order valence-electron chi connectivity index (χ3n) is 2.97. The highest BCUT2D eigenvalue weighted by Crippen LogP contribution is 2.37. The summed E-state index contributed by atoms with van der Waals surface area (Å²) in [6, 6.07) is 0. The van der Waals surface area contributed by atoms with E-state index in [-0.39, 0.29) is 28.7 Å². The first-order valence-corrected chi connectivity index (χ1v) is 8.24. The van der Waals surface area contributed by atoms with Crippen LogP contribution in [0.4, 0.5) is 7.77 Å². The fraction of sp³-hybridized carbons (Fsp3) is 0.333. The summed E-state index contributed by atoms with van der Waals surface area (Å²) in [7, 11) is -10.6. The molecule has 0 N–H and O–H groups in total. The van der Waals surface area contributed by atoms with Crippen molar-refractivity contribution in [1.29, 1.82) is 0 Å². The van der Waals surface area contributed by atoms with Gasteiger partial charge in [0, 0.05) is 12.0 Å². The average Bonchev–Trinajstić information content (AvgIpc) is 2.27. The summed E-state index contributed by atoms with van der Waals surface area (Å²) < 4.78 is 74.1. The van der Waals surface area contributed by atoms with Crippen LogP contribution in [0, 0.1) is 33.1 Å². The molecule has 0 heterocycles. The normalized spacial score (nSPS) is 12.0. The predicted molar refractivity (Wildman–Crippen MR) is 72.1 cm³/mol. The summed E-state index contributed by atoms with van der Waals surface area (Å²) in [4.78, 5) is -0.767. The van der Waals surface area contributed by atoms with Gasteiger partial charge in [0.05, 0.1) is 0 Å². The van der Waals surface area contributed by atoms with E-state index < -0.39 is 31.4 Å². The molecule has 0 fully saturated rings. The molecule has 0 amide bonds. The molecule has 116 valence electrons. The Labute approximate surface area is 122 Å². The summed E-state index contributed by atoms with van der Waals surface area (Å²) in [5.41, 5.74) is 0.0260. The molecule has 0 saturated carbocycles. The molecule has 0 spiro atoms. The number of hydrogen-bond donors (Lipinski definition) is 0. The minimum atomic E-state index is -5.40. The minimum absolute atomic E-state index is 0.0362. The summed E-state index contributed by atoms with van der Waals surface area (Å²) >= 11 is 0. The maximum Gasteiger partial charge on any atom is 0.488 e. The van der Waals surface area contributed by atoms with E-state index in [0.29, 0.717) is 0 Å². The monoisotopic (exact) mass is 338 g/mol. The maximum atomic E-state index is 13.4. The third-order valence-corrected chi connectivity index (χ3v) is 4.44. The van der Waals surface area contributed by atoms with E-state index >= 15 is 0 Å². The van der Waals surface area contributed by atoms with Crippen molar-refractivity contribution < 1.29 is 28.8 Å². The zero-order valence-corrected chi connectivity index (χ0v) is 13.0. The lowest BCUT2D eigenvalue weighted by molar-refractivity contribution is 0.435. The molecule has 0 unspecified atom stereocenters. The first-order chi connectivity index (χ1) is 9.40. The van der Waals surface area contributed by atoms with Crippen LogP contribution in [0.1, 0.15) is 22.3 Å². The Kier molecular flexibility index (Phi) is 4.65. The quantitative estimate of drug-likeness (QED) is 0.620. The van der Waals surface area contributed by atoms with Crippen LogP contribution in [0.5, 0.6) is 5.75 Å². The van der Waals surface area contributed by atoms with Gasteiger partial charge in [-0.15, -0.1) is 16.2 Å². The van der Waals surface area contributed by atoms with Crippen LogP contribution in [0.15, 0.2) is 4.90 Å². The van der Waals surface area contributed by atoms with E-state index in [9.17, 15) is 24.6 Å². The van der Waals surface area contributed by atoms with Crippen LogP contribution in [0.3, 0.4) is 0 Å². The van der Waals surface area contributed by atoms with Crippen molar-refractivity contribution in [3.63, 3.8) is 0 Å². The largest absolute Gasteiger partial charge is 0.488 e. The van der Waals surface area contributed by atoms with Gasteiger partial charge in [0.1, 0.15) is 4.90 Å². The lowest BCUT2D eigenvalue weighted by Gasteiger charge is -2.17. The van der Waals surface area contributed by atoms with Crippen LogP contribution >= 0.6 is 0 Å². The number of terminal acetylenes is 1. The molecular weight excluding hydrogens is 326 g/mol. The van der Waals surface area contributed by atoms with Crippen molar-refractivity contribution in [2.45, 2.75) is 32.1 Å². The fourth-order valence-corrected chi connectivity index (χ4v) is 3.57. The predicted octanol–water partition coefficient (Wildman–Crippen LogP) is 2.04. The molecule has 0 aliphatic carbocycles. The van der Waals surface area contributed by atoms with Gasteiger partial charge < -0.3 is 4.18 Å². The van der Waals surface area contributed by atoms with Gasteiger partial charge in [-0.05, 0) is 37.5 Å².